The highest BCUT2D eigenvalue weighted by Gasteiger charge is 2.60. The minimum atomic E-state index is -1.30. The van der Waals surface area contributed by atoms with Crippen molar-refractivity contribution in [3.8, 4) is 0 Å². The van der Waals surface area contributed by atoms with Crippen LogP contribution >= 0.6 is 0 Å². The summed E-state index contributed by atoms with van der Waals surface area (Å²) in [5.74, 6) is 6.84. The zero-order valence-corrected chi connectivity index (χ0v) is 19.7. The largest absolute Gasteiger partial charge is 0.103 e. The van der Waals surface area contributed by atoms with Gasteiger partial charge in [0.15, 0.2) is 0 Å². The number of hydrogen-bond acceptors (Lipinski definition) is 0. The smallest absolute Gasteiger partial charge is 0.0578 e. The van der Waals surface area contributed by atoms with E-state index < -0.39 is 8.07 Å². The standard InChI is InChI=1S/C27H46Si/c1-3-4-19-28(2,26-18-17-20-11-5-6-12-21(20)26)27-24-15-9-7-13-22(24)23-14-8-10-16-25(23)27/h3,20-27H,1,4-19H2,2H3. The van der Waals surface area contributed by atoms with Crippen LogP contribution in [0, 0.1) is 35.5 Å². The molecule has 0 nitrogen and oxygen atoms in total. The van der Waals surface area contributed by atoms with Crippen molar-refractivity contribution in [1.29, 1.82) is 0 Å². The minimum Gasteiger partial charge on any atom is -0.103 e. The Morgan fingerprint density at radius 2 is 1.21 bits per heavy atom. The lowest BCUT2D eigenvalue weighted by Crippen LogP contribution is -2.48. The van der Waals surface area contributed by atoms with Crippen LogP contribution in [0.3, 0.4) is 0 Å². The van der Waals surface area contributed by atoms with Crippen LogP contribution in [-0.2, 0) is 0 Å². The number of allylic oxidation sites excluding steroid dienone is 1. The number of rotatable bonds is 5. The first-order valence-electron chi connectivity index (χ1n) is 13.3. The molecule has 8 atom stereocenters. The van der Waals surface area contributed by atoms with Crippen molar-refractivity contribution in [2.45, 2.75) is 120 Å². The van der Waals surface area contributed by atoms with Gasteiger partial charge in [0.2, 0.25) is 0 Å². The molecular formula is C27H46Si. The molecule has 0 aromatic heterocycles. The lowest BCUT2D eigenvalue weighted by molar-refractivity contribution is 0.184. The lowest BCUT2D eigenvalue weighted by atomic mass is 9.73. The van der Waals surface area contributed by atoms with E-state index in [1.54, 1.807) is 89.5 Å². The molecule has 8 unspecified atom stereocenters. The second-order valence-electron chi connectivity index (χ2n) is 12.0. The molecule has 0 heterocycles. The molecule has 0 aliphatic heterocycles. The Balaban J connectivity index is 1.50. The summed E-state index contributed by atoms with van der Waals surface area (Å²) in [4.78, 5) is 0. The summed E-state index contributed by atoms with van der Waals surface area (Å²) < 4.78 is 0. The Hall–Kier alpha value is -0.0431. The van der Waals surface area contributed by atoms with E-state index in [-0.39, 0.29) is 0 Å². The van der Waals surface area contributed by atoms with E-state index in [1.165, 1.54) is 23.9 Å². The maximum absolute atomic E-state index is 4.18. The van der Waals surface area contributed by atoms with Crippen LogP contribution in [0.25, 0.3) is 0 Å². The van der Waals surface area contributed by atoms with Crippen molar-refractivity contribution in [1.82, 2.24) is 0 Å². The summed E-state index contributed by atoms with van der Waals surface area (Å²) >= 11 is 0. The van der Waals surface area contributed by atoms with E-state index in [1.807, 2.05) is 0 Å². The third kappa shape index (κ3) is 3.21. The first-order valence-corrected chi connectivity index (χ1v) is 16.2. The van der Waals surface area contributed by atoms with Crippen molar-refractivity contribution >= 4 is 8.07 Å². The summed E-state index contributed by atoms with van der Waals surface area (Å²) in [6, 6.07) is 1.58. The van der Waals surface area contributed by atoms with Crippen LogP contribution in [0.4, 0.5) is 0 Å². The highest BCUT2D eigenvalue weighted by atomic mass is 28.3. The molecule has 158 valence electrons. The Kier molecular flexibility index (Phi) is 5.85. The maximum atomic E-state index is 4.18. The first-order chi connectivity index (χ1) is 13.7. The van der Waals surface area contributed by atoms with Gasteiger partial charge >= 0.3 is 0 Å². The van der Waals surface area contributed by atoms with Crippen LogP contribution in [0.2, 0.25) is 23.7 Å². The van der Waals surface area contributed by atoms with Crippen LogP contribution < -0.4 is 0 Å². The lowest BCUT2D eigenvalue weighted by Gasteiger charge is -2.49. The van der Waals surface area contributed by atoms with Gasteiger partial charge in [0.05, 0.1) is 8.07 Å². The predicted octanol–water partition coefficient (Wildman–Crippen LogP) is 8.61. The molecule has 5 aliphatic rings. The summed E-state index contributed by atoms with van der Waals surface area (Å²) in [6.45, 7) is 7.15. The zero-order chi connectivity index (χ0) is 19.1. The van der Waals surface area contributed by atoms with Gasteiger partial charge in [0.1, 0.15) is 0 Å². The quantitative estimate of drug-likeness (QED) is 0.321. The van der Waals surface area contributed by atoms with Crippen molar-refractivity contribution in [3.63, 3.8) is 0 Å². The van der Waals surface area contributed by atoms with Gasteiger partial charge in [-0.2, -0.15) is 0 Å². The van der Waals surface area contributed by atoms with E-state index in [4.69, 9.17) is 0 Å². The summed E-state index contributed by atoms with van der Waals surface area (Å²) in [7, 11) is -1.30. The number of fused-ring (bicyclic) bond motifs is 4. The average molecular weight is 399 g/mol. The minimum absolute atomic E-state index is 1.13. The van der Waals surface area contributed by atoms with Crippen LogP contribution in [0.15, 0.2) is 12.7 Å². The molecule has 0 bridgehead atoms. The fourth-order valence-corrected chi connectivity index (χ4v) is 17.2. The SMILES string of the molecule is C=CCC[Si](C)(C1CCC2CCCCC21)C1C2CCCCC2C2CCCCC21. The molecule has 0 aromatic rings. The van der Waals surface area contributed by atoms with Crippen LogP contribution in [0.5, 0.6) is 0 Å². The molecule has 0 saturated heterocycles. The Morgan fingerprint density at radius 3 is 1.82 bits per heavy atom. The van der Waals surface area contributed by atoms with Crippen LogP contribution in [-0.4, -0.2) is 8.07 Å². The van der Waals surface area contributed by atoms with Gasteiger partial charge < -0.3 is 0 Å². The second-order valence-corrected chi connectivity index (χ2v) is 16.9. The third-order valence-electron chi connectivity index (χ3n) is 11.1. The molecule has 28 heavy (non-hydrogen) atoms. The first kappa shape index (κ1) is 19.9. The third-order valence-corrected chi connectivity index (χ3v) is 17.2. The molecule has 1 heteroatoms. The maximum Gasteiger partial charge on any atom is 0.0578 e. The molecule has 5 aliphatic carbocycles. The van der Waals surface area contributed by atoms with Gasteiger partial charge in [-0.05, 0) is 65.9 Å². The molecule has 5 rings (SSSR count). The van der Waals surface area contributed by atoms with Crippen molar-refractivity contribution in [2.75, 3.05) is 0 Å². The van der Waals surface area contributed by atoms with E-state index in [0.717, 1.165) is 35.5 Å². The predicted molar refractivity (Wildman–Crippen MR) is 124 cm³/mol. The molecule has 0 amide bonds. The molecule has 0 N–H and O–H groups in total. The van der Waals surface area contributed by atoms with Gasteiger partial charge in [-0.15, -0.1) is 6.58 Å². The Bertz CT molecular complexity index is 532. The van der Waals surface area contributed by atoms with E-state index in [2.05, 4.69) is 19.2 Å². The molecule has 5 fully saturated rings. The zero-order valence-electron chi connectivity index (χ0n) is 18.7. The van der Waals surface area contributed by atoms with Crippen LogP contribution in [0.1, 0.15) is 96.3 Å². The monoisotopic (exact) mass is 398 g/mol. The molecule has 0 spiro atoms. The van der Waals surface area contributed by atoms with Crippen molar-refractivity contribution in [3.05, 3.63) is 12.7 Å². The highest BCUT2D eigenvalue weighted by molar-refractivity contribution is 6.81. The van der Waals surface area contributed by atoms with Crippen molar-refractivity contribution < 1.29 is 0 Å². The molecule has 5 saturated carbocycles. The number of hydrogen-bond donors (Lipinski definition) is 0. The normalized spacial score (nSPS) is 47.6. The van der Waals surface area contributed by atoms with Gasteiger partial charge in [0, 0.05) is 0 Å². The molecule has 0 aromatic carbocycles. The Labute approximate surface area is 176 Å². The van der Waals surface area contributed by atoms with E-state index in [0.29, 0.717) is 0 Å². The fraction of sp³-hybridized carbons (Fsp3) is 0.926. The summed E-state index contributed by atoms with van der Waals surface area (Å²) in [5, 5.41) is 0. The summed E-state index contributed by atoms with van der Waals surface area (Å²) in [5.41, 5.74) is 2.36. The highest BCUT2D eigenvalue weighted by Crippen LogP contribution is 2.68. The second kappa shape index (κ2) is 8.24. The van der Waals surface area contributed by atoms with E-state index >= 15 is 0 Å². The average Bonchev–Trinajstić information content (AvgIpc) is 3.32. The van der Waals surface area contributed by atoms with Gasteiger partial charge in [-0.3, -0.25) is 0 Å². The van der Waals surface area contributed by atoms with Gasteiger partial charge in [-0.25, -0.2) is 0 Å². The van der Waals surface area contributed by atoms with Gasteiger partial charge in [-0.1, -0.05) is 95.7 Å². The Morgan fingerprint density at radius 1 is 0.679 bits per heavy atom. The van der Waals surface area contributed by atoms with Crippen molar-refractivity contribution in [2.24, 2.45) is 35.5 Å². The van der Waals surface area contributed by atoms with Gasteiger partial charge in [0.25, 0.3) is 0 Å². The topological polar surface area (TPSA) is 0 Å². The van der Waals surface area contributed by atoms with E-state index in [9.17, 15) is 0 Å². The molecular weight excluding hydrogens is 352 g/mol. The fourth-order valence-electron chi connectivity index (χ4n) is 10.2. The molecule has 0 radical (unpaired) electrons. The summed E-state index contributed by atoms with van der Waals surface area (Å²) in [6.07, 6.45) is 25.7.